The molecule has 3 heterocycles. The molecule has 0 aliphatic carbocycles. The molecule has 1 amide bonds. The van der Waals surface area contributed by atoms with Crippen LogP contribution < -0.4 is 16.6 Å². The molecule has 8 nitrogen and oxygen atoms in total. The lowest BCUT2D eigenvalue weighted by Crippen LogP contribution is -2.34. The van der Waals surface area contributed by atoms with Crippen LogP contribution in [0.25, 0.3) is 21.9 Å². The van der Waals surface area contributed by atoms with Gasteiger partial charge in [0.2, 0.25) is 0 Å². The van der Waals surface area contributed by atoms with E-state index in [4.69, 9.17) is 0 Å². The SMILES string of the molecule is CCCn1c(=O)[nH]c(=O)c2c(C(=O)NCCc3c[nH]c4ccccc34)cc(C(C)C)nc21. The van der Waals surface area contributed by atoms with Gasteiger partial charge in [0.05, 0.1) is 10.9 Å². The van der Waals surface area contributed by atoms with Gasteiger partial charge in [-0.25, -0.2) is 9.78 Å². The Hall–Kier alpha value is -3.68. The lowest BCUT2D eigenvalue weighted by atomic mass is 10.0. The zero-order valence-corrected chi connectivity index (χ0v) is 18.5. The Morgan fingerprint density at radius 2 is 2.00 bits per heavy atom. The van der Waals surface area contributed by atoms with Crippen molar-refractivity contribution in [1.82, 2.24) is 24.8 Å². The highest BCUT2D eigenvalue weighted by Crippen LogP contribution is 2.20. The molecular weight excluding hydrogens is 406 g/mol. The summed E-state index contributed by atoms with van der Waals surface area (Å²) in [5, 5.41) is 4.20. The van der Waals surface area contributed by atoms with Crippen LogP contribution in [0.2, 0.25) is 0 Å². The Bertz CT molecular complexity index is 1410. The lowest BCUT2D eigenvalue weighted by Gasteiger charge is -2.14. The van der Waals surface area contributed by atoms with Gasteiger partial charge in [-0.2, -0.15) is 0 Å². The predicted molar refractivity (Wildman–Crippen MR) is 125 cm³/mol. The molecule has 3 N–H and O–H groups in total. The minimum Gasteiger partial charge on any atom is -0.361 e. The Morgan fingerprint density at radius 1 is 1.22 bits per heavy atom. The van der Waals surface area contributed by atoms with Crippen LogP contribution in [-0.2, 0) is 13.0 Å². The summed E-state index contributed by atoms with van der Waals surface area (Å²) in [6.45, 7) is 6.68. The molecule has 0 unspecified atom stereocenters. The number of carbonyl (C=O) groups is 1. The summed E-state index contributed by atoms with van der Waals surface area (Å²) in [4.78, 5) is 48.3. The van der Waals surface area contributed by atoms with Crippen LogP contribution in [0, 0.1) is 0 Å². The third kappa shape index (κ3) is 3.95. The van der Waals surface area contributed by atoms with E-state index in [1.165, 1.54) is 4.57 Å². The molecule has 0 bridgehead atoms. The quantitative estimate of drug-likeness (QED) is 0.416. The third-order valence-corrected chi connectivity index (χ3v) is 5.61. The Kier molecular flexibility index (Phi) is 5.94. The molecule has 166 valence electrons. The molecule has 3 aromatic heterocycles. The molecule has 4 rings (SSSR count). The van der Waals surface area contributed by atoms with Gasteiger partial charge < -0.3 is 10.3 Å². The smallest absolute Gasteiger partial charge is 0.329 e. The van der Waals surface area contributed by atoms with E-state index in [9.17, 15) is 14.4 Å². The largest absolute Gasteiger partial charge is 0.361 e. The first kappa shape index (κ1) is 21.5. The summed E-state index contributed by atoms with van der Waals surface area (Å²) in [5.41, 5.74) is 2.21. The van der Waals surface area contributed by atoms with Crippen molar-refractivity contribution >= 4 is 27.8 Å². The predicted octanol–water partition coefficient (Wildman–Crippen LogP) is 3.07. The maximum atomic E-state index is 13.1. The topological polar surface area (TPSA) is 113 Å². The molecule has 1 aromatic carbocycles. The highest BCUT2D eigenvalue weighted by molar-refractivity contribution is 6.05. The number of rotatable bonds is 7. The second-order valence-electron chi connectivity index (χ2n) is 8.22. The van der Waals surface area contributed by atoms with E-state index in [1.54, 1.807) is 6.07 Å². The van der Waals surface area contributed by atoms with E-state index in [0.717, 1.165) is 16.5 Å². The molecule has 0 aliphatic heterocycles. The number of hydrogen-bond acceptors (Lipinski definition) is 4. The van der Waals surface area contributed by atoms with E-state index in [2.05, 4.69) is 20.3 Å². The maximum Gasteiger partial charge on any atom is 0.329 e. The van der Waals surface area contributed by atoms with E-state index in [1.807, 2.05) is 51.2 Å². The number of amides is 1. The van der Waals surface area contributed by atoms with Crippen LogP contribution in [0.1, 0.15) is 54.7 Å². The van der Waals surface area contributed by atoms with Crippen LogP contribution in [0.5, 0.6) is 0 Å². The van der Waals surface area contributed by atoms with E-state index in [0.29, 0.717) is 31.6 Å². The molecule has 4 aromatic rings. The average Bonchev–Trinajstić information content (AvgIpc) is 3.18. The number of aromatic amines is 2. The second-order valence-corrected chi connectivity index (χ2v) is 8.22. The fourth-order valence-electron chi connectivity index (χ4n) is 3.94. The molecule has 8 heteroatoms. The number of aryl methyl sites for hydroxylation is 1. The number of hydrogen-bond donors (Lipinski definition) is 3. The summed E-state index contributed by atoms with van der Waals surface area (Å²) < 4.78 is 1.44. The standard InChI is InChI=1S/C24H27N5O3/c1-4-11-29-21-20(23(31)28-24(29)32)17(12-19(27-21)14(2)3)22(30)25-10-9-15-13-26-18-8-6-5-7-16(15)18/h5-8,12-14,26H,4,9-11H2,1-3H3,(H,25,30)(H,28,31,32). The maximum absolute atomic E-state index is 13.1. The first-order valence-electron chi connectivity index (χ1n) is 10.9. The van der Waals surface area contributed by atoms with Crippen LogP contribution >= 0.6 is 0 Å². The van der Waals surface area contributed by atoms with Crippen molar-refractivity contribution in [3.8, 4) is 0 Å². The zero-order chi connectivity index (χ0) is 22.8. The van der Waals surface area contributed by atoms with Gasteiger partial charge in [0.25, 0.3) is 11.5 Å². The number of fused-ring (bicyclic) bond motifs is 2. The number of H-pyrrole nitrogens is 2. The third-order valence-electron chi connectivity index (χ3n) is 5.61. The van der Waals surface area contributed by atoms with Crippen molar-refractivity contribution < 1.29 is 4.79 Å². The normalized spacial score (nSPS) is 11.5. The fraction of sp³-hybridized carbons (Fsp3) is 0.333. The number of aromatic nitrogens is 4. The van der Waals surface area contributed by atoms with Crippen LogP contribution in [0.4, 0.5) is 0 Å². The lowest BCUT2D eigenvalue weighted by molar-refractivity contribution is 0.0955. The van der Waals surface area contributed by atoms with Gasteiger partial charge in [-0.1, -0.05) is 39.0 Å². The number of nitrogens with zero attached hydrogens (tertiary/aromatic N) is 2. The number of nitrogens with one attached hydrogen (secondary N) is 3. The second kappa shape index (κ2) is 8.82. The van der Waals surface area contributed by atoms with Gasteiger partial charge in [-0.15, -0.1) is 0 Å². The molecular formula is C24H27N5O3. The molecule has 0 atom stereocenters. The van der Waals surface area contributed by atoms with Gasteiger partial charge in [0.15, 0.2) is 5.65 Å². The minimum atomic E-state index is -0.595. The Morgan fingerprint density at radius 3 is 2.75 bits per heavy atom. The molecule has 32 heavy (non-hydrogen) atoms. The molecule has 0 saturated heterocycles. The molecule has 0 aliphatic rings. The molecule has 0 fully saturated rings. The van der Waals surface area contributed by atoms with Gasteiger partial charge in [0, 0.05) is 35.9 Å². The van der Waals surface area contributed by atoms with Crippen LogP contribution in [0.15, 0.2) is 46.1 Å². The van der Waals surface area contributed by atoms with Gasteiger partial charge in [-0.05, 0) is 36.5 Å². The number of para-hydroxylation sites is 1. The van der Waals surface area contributed by atoms with E-state index < -0.39 is 11.2 Å². The van der Waals surface area contributed by atoms with Crippen molar-refractivity contribution in [2.75, 3.05) is 6.54 Å². The number of pyridine rings is 1. The van der Waals surface area contributed by atoms with E-state index >= 15 is 0 Å². The minimum absolute atomic E-state index is 0.0293. The Labute approximate surface area is 184 Å². The first-order valence-corrected chi connectivity index (χ1v) is 10.9. The highest BCUT2D eigenvalue weighted by atomic mass is 16.2. The van der Waals surface area contributed by atoms with Gasteiger partial charge >= 0.3 is 5.69 Å². The van der Waals surface area contributed by atoms with Crippen molar-refractivity contribution in [2.45, 2.75) is 46.1 Å². The summed E-state index contributed by atoms with van der Waals surface area (Å²) >= 11 is 0. The summed E-state index contributed by atoms with van der Waals surface area (Å²) in [7, 11) is 0. The average molecular weight is 434 g/mol. The monoisotopic (exact) mass is 433 g/mol. The van der Waals surface area contributed by atoms with E-state index in [-0.39, 0.29) is 28.4 Å². The number of benzene rings is 1. The molecule has 0 radical (unpaired) electrons. The Balaban J connectivity index is 1.69. The summed E-state index contributed by atoms with van der Waals surface area (Å²) in [6, 6.07) is 9.67. The van der Waals surface area contributed by atoms with Crippen molar-refractivity contribution in [3.63, 3.8) is 0 Å². The van der Waals surface area contributed by atoms with Crippen molar-refractivity contribution in [2.24, 2.45) is 0 Å². The van der Waals surface area contributed by atoms with Crippen LogP contribution in [-0.4, -0.2) is 32.0 Å². The first-order chi connectivity index (χ1) is 15.4. The zero-order valence-electron chi connectivity index (χ0n) is 18.5. The fourth-order valence-corrected chi connectivity index (χ4v) is 3.94. The van der Waals surface area contributed by atoms with Crippen molar-refractivity contribution in [1.29, 1.82) is 0 Å². The molecule has 0 saturated carbocycles. The number of carbonyl (C=O) groups excluding carboxylic acids is 1. The van der Waals surface area contributed by atoms with Crippen molar-refractivity contribution in [3.05, 3.63) is 74.2 Å². The summed E-state index contributed by atoms with van der Waals surface area (Å²) in [5.74, 6) is -0.326. The molecule has 0 spiro atoms. The highest BCUT2D eigenvalue weighted by Gasteiger charge is 2.20. The van der Waals surface area contributed by atoms with Gasteiger partial charge in [-0.3, -0.25) is 19.1 Å². The van der Waals surface area contributed by atoms with Crippen LogP contribution in [0.3, 0.4) is 0 Å². The van der Waals surface area contributed by atoms with Gasteiger partial charge in [0.1, 0.15) is 0 Å². The summed E-state index contributed by atoms with van der Waals surface area (Å²) in [6.07, 6.45) is 3.29.